The van der Waals surface area contributed by atoms with Crippen LogP contribution in [0.25, 0.3) is 6.08 Å². The fraction of sp³-hybridized carbons (Fsp3) is 0.231. The summed E-state index contributed by atoms with van der Waals surface area (Å²) in [4.78, 5) is 25.6. The molecule has 0 atom stereocenters. The van der Waals surface area contributed by atoms with Crippen molar-refractivity contribution in [3.05, 3.63) is 38.3 Å². The molecule has 0 aromatic heterocycles. The number of carbonyl (C=O) groups excluding carboxylic acids is 2. The molecule has 0 unspecified atom stereocenters. The van der Waals surface area contributed by atoms with E-state index in [0.717, 1.165) is 20.9 Å². The Kier molecular flexibility index (Phi) is 4.11. The van der Waals surface area contributed by atoms with Crippen LogP contribution in [0.3, 0.4) is 0 Å². The second-order valence-electron chi connectivity index (χ2n) is 4.17. The molecule has 0 saturated carbocycles. The summed E-state index contributed by atoms with van der Waals surface area (Å²) in [6.07, 6.45) is 1.79. The van der Waals surface area contributed by atoms with Crippen molar-refractivity contribution >= 4 is 51.6 Å². The molecule has 1 heterocycles. The van der Waals surface area contributed by atoms with E-state index in [4.69, 9.17) is 0 Å². The van der Waals surface area contributed by atoms with E-state index in [1.165, 1.54) is 4.90 Å². The first-order valence-electron chi connectivity index (χ1n) is 5.52. The minimum Gasteiger partial charge on any atom is -0.268 e. The number of nitrogens with zero attached hydrogens (tertiary/aromatic N) is 1. The summed E-state index contributed by atoms with van der Waals surface area (Å²) in [5.74, 6) is -0.195. The van der Waals surface area contributed by atoms with Crippen molar-refractivity contribution in [1.82, 2.24) is 4.90 Å². The molecule has 18 heavy (non-hydrogen) atoms. The van der Waals surface area contributed by atoms with Gasteiger partial charge in [-0.1, -0.05) is 18.2 Å². The number of halogens is 1. The maximum atomic E-state index is 12.1. The summed E-state index contributed by atoms with van der Waals surface area (Å²) >= 11 is 3.22. The lowest BCUT2D eigenvalue weighted by Crippen LogP contribution is -2.34. The fourth-order valence-corrected chi connectivity index (χ4v) is 3.15. The van der Waals surface area contributed by atoms with E-state index in [0.29, 0.717) is 4.91 Å². The molecule has 1 aliphatic heterocycles. The molecule has 0 aliphatic carbocycles. The minimum atomic E-state index is -0.195. The van der Waals surface area contributed by atoms with Gasteiger partial charge in [-0.05, 0) is 65.9 Å². The Balaban J connectivity index is 2.34. The number of imide groups is 1. The van der Waals surface area contributed by atoms with Crippen LogP contribution >= 0.6 is 34.4 Å². The lowest BCUT2D eigenvalue weighted by Gasteiger charge is -2.16. The molecule has 0 radical (unpaired) electrons. The van der Waals surface area contributed by atoms with E-state index in [-0.39, 0.29) is 17.2 Å². The van der Waals surface area contributed by atoms with E-state index < -0.39 is 0 Å². The first-order chi connectivity index (χ1) is 8.50. The van der Waals surface area contributed by atoms with E-state index >= 15 is 0 Å². The van der Waals surface area contributed by atoms with Crippen LogP contribution < -0.4 is 0 Å². The summed E-state index contributed by atoms with van der Waals surface area (Å²) in [5.41, 5.74) is 0.965. The van der Waals surface area contributed by atoms with Crippen LogP contribution in [0.4, 0.5) is 4.79 Å². The van der Waals surface area contributed by atoms with Gasteiger partial charge >= 0.3 is 0 Å². The quantitative estimate of drug-likeness (QED) is 0.586. The van der Waals surface area contributed by atoms with Gasteiger partial charge < -0.3 is 0 Å². The fourth-order valence-electron chi connectivity index (χ4n) is 1.66. The standard InChI is InChI=1S/C13H12INO2S/c1-8(2)15-12(16)11(18-13(15)17)7-9-5-3-4-6-10(9)14/h3-8H,1-2H3/b11-7-. The summed E-state index contributed by atoms with van der Waals surface area (Å²) in [5, 5.41) is -0.188. The summed E-state index contributed by atoms with van der Waals surface area (Å²) < 4.78 is 1.06. The van der Waals surface area contributed by atoms with Crippen LogP contribution in [0, 0.1) is 3.57 Å². The van der Waals surface area contributed by atoms with Crippen molar-refractivity contribution in [3.8, 4) is 0 Å². The third-order valence-electron chi connectivity index (χ3n) is 2.53. The van der Waals surface area contributed by atoms with Crippen molar-refractivity contribution < 1.29 is 9.59 Å². The van der Waals surface area contributed by atoms with Crippen LogP contribution in [0.2, 0.25) is 0 Å². The van der Waals surface area contributed by atoms with Gasteiger partial charge in [0.05, 0.1) is 4.91 Å². The molecule has 1 saturated heterocycles. The molecular formula is C13H12INO2S. The predicted molar refractivity (Wildman–Crippen MR) is 82.1 cm³/mol. The Bertz CT molecular complexity index is 540. The number of benzene rings is 1. The molecule has 1 aromatic rings. The van der Waals surface area contributed by atoms with Crippen LogP contribution in [-0.2, 0) is 4.79 Å². The highest BCUT2D eigenvalue weighted by molar-refractivity contribution is 14.1. The predicted octanol–water partition coefficient (Wildman–Crippen LogP) is 3.74. The van der Waals surface area contributed by atoms with Gasteiger partial charge in [-0.15, -0.1) is 0 Å². The highest BCUT2D eigenvalue weighted by atomic mass is 127. The Labute approximate surface area is 124 Å². The third-order valence-corrected chi connectivity index (χ3v) is 4.40. The normalized spacial score (nSPS) is 18.2. The first-order valence-corrected chi connectivity index (χ1v) is 7.42. The first kappa shape index (κ1) is 13.6. The second-order valence-corrected chi connectivity index (χ2v) is 6.32. The van der Waals surface area contributed by atoms with Crippen LogP contribution in [0.5, 0.6) is 0 Å². The van der Waals surface area contributed by atoms with E-state index in [1.807, 2.05) is 38.1 Å². The SMILES string of the molecule is CC(C)N1C(=O)S/C(=C\c2ccccc2I)C1=O. The molecule has 5 heteroatoms. The zero-order valence-corrected chi connectivity index (χ0v) is 13.0. The molecular weight excluding hydrogens is 361 g/mol. The Morgan fingerprint density at radius 1 is 1.28 bits per heavy atom. The van der Waals surface area contributed by atoms with Gasteiger partial charge in [0.15, 0.2) is 0 Å². The van der Waals surface area contributed by atoms with Gasteiger partial charge in [0.25, 0.3) is 11.1 Å². The zero-order chi connectivity index (χ0) is 13.3. The highest BCUT2D eigenvalue weighted by Crippen LogP contribution is 2.33. The van der Waals surface area contributed by atoms with Gasteiger partial charge in [-0.25, -0.2) is 0 Å². The number of carbonyl (C=O) groups is 2. The van der Waals surface area contributed by atoms with E-state index in [9.17, 15) is 9.59 Å². The summed E-state index contributed by atoms with van der Waals surface area (Å²) in [6, 6.07) is 7.67. The smallest absolute Gasteiger partial charge is 0.268 e. The van der Waals surface area contributed by atoms with Gasteiger partial charge in [0.2, 0.25) is 0 Å². The molecule has 0 spiro atoms. The Hall–Kier alpha value is -0.820. The number of thioether (sulfide) groups is 1. The highest BCUT2D eigenvalue weighted by Gasteiger charge is 2.36. The Morgan fingerprint density at radius 3 is 2.50 bits per heavy atom. The molecule has 2 rings (SSSR count). The third kappa shape index (κ3) is 2.61. The average molecular weight is 373 g/mol. The van der Waals surface area contributed by atoms with Crippen molar-refractivity contribution in [1.29, 1.82) is 0 Å². The number of rotatable bonds is 2. The maximum Gasteiger partial charge on any atom is 0.293 e. The average Bonchev–Trinajstić information content (AvgIpc) is 2.57. The van der Waals surface area contributed by atoms with Crippen molar-refractivity contribution in [2.24, 2.45) is 0 Å². The van der Waals surface area contributed by atoms with Gasteiger partial charge in [0, 0.05) is 9.61 Å². The van der Waals surface area contributed by atoms with Crippen molar-refractivity contribution in [3.63, 3.8) is 0 Å². The largest absolute Gasteiger partial charge is 0.293 e. The molecule has 1 fully saturated rings. The zero-order valence-electron chi connectivity index (χ0n) is 10.0. The molecule has 0 N–H and O–H groups in total. The lowest BCUT2D eigenvalue weighted by atomic mass is 10.2. The molecule has 3 nitrogen and oxygen atoms in total. The number of hydrogen-bond acceptors (Lipinski definition) is 3. The van der Waals surface area contributed by atoms with Crippen LogP contribution in [-0.4, -0.2) is 22.1 Å². The second kappa shape index (κ2) is 5.44. The molecule has 0 bridgehead atoms. The van der Waals surface area contributed by atoms with E-state index in [2.05, 4.69) is 22.6 Å². The minimum absolute atomic E-state index is 0.0988. The molecule has 1 aliphatic rings. The van der Waals surface area contributed by atoms with Crippen LogP contribution in [0.1, 0.15) is 19.4 Å². The number of hydrogen-bond donors (Lipinski definition) is 0. The van der Waals surface area contributed by atoms with Crippen molar-refractivity contribution in [2.45, 2.75) is 19.9 Å². The number of amides is 2. The maximum absolute atomic E-state index is 12.1. The summed E-state index contributed by atoms with van der Waals surface area (Å²) in [6.45, 7) is 3.68. The molecule has 94 valence electrons. The monoisotopic (exact) mass is 373 g/mol. The van der Waals surface area contributed by atoms with E-state index in [1.54, 1.807) is 6.08 Å². The molecule has 1 aromatic carbocycles. The van der Waals surface area contributed by atoms with Crippen LogP contribution in [0.15, 0.2) is 29.2 Å². The lowest BCUT2D eigenvalue weighted by molar-refractivity contribution is -0.123. The van der Waals surface area contributed by atoms with Gasteiger partial charge in [0.1, 0.15) is 0 Å². The van der Waals surface area contributed by atoms with Gasteiger partial charge in [-0.2, -0.15) is 0 Å². The topological polar surface area (TPSA) is 37.4 Å². The van der Waals surface area contributed by atoms with Crippen molar-refractivity contribution in [2.75, 3.05) is 0 Å². The molecule has 2 amide bonds. The summed E-state index contributed by atoms with van der Waals surface area (Å²) in [7, 11) is 0. The Morgan fingerprint density at radius 2 is 1.94 bits per heavy atom. The van der Waals surface area contributed by atoms with Gasteiger partial charge in [-0.3, -0.25) is 14.5 Å².